The van der Waals surface area contributed by atoms with Gasteiger partial charge in [-0.3, -0.25) is 0 Å². The second-order valence-corrected chi connectivity index (χ2v) is 4.51. The summed E-state index contributed by atoms with van der Waals surface area (Å²) >= 11 is 12.2. The fraction of sp³-hybridized carbons (Fsp3) is 0. The van der Waals surface area contributed by atoms with E-state index in [0.29, 0.717) is 21.8 Å². The third-order valence-corrected chi connectivity index (χ3v) is 3.18. The number of pyridine rings is 1. The van der Waals surface area contributed by atoms with Gasteiger partial charge < -0.3 is 10.3 Å². The van der Waals surface area contributed by atoms with Gasteiger partial charge >= 0.3 is 0 Å². The Labute approximate surface area is 112 Å². The summed E-state index contributed by atoms with van der Waals surface area (Å²) < 4.78 is 5.10. The summed E-state index contributed by atoms with van der Waals surface area (Å²) in [6.45, 7) is 0. The predicted octanol–water partition coefficient (Wildman–Crippen LogP) is 3.78. The number of hydrogen-bond donors (Lipinski definition) is 1. The van der Waals surface area contributed by atoms with Crippen molar-refractivity contribution >= 4 is 39.9 Å². The molecule has 0 unspecified atom stereocenters. The van der Waals surface area contributed by atoms with Crippen LogP contribution in [0.15, 0.2) is 34.9 Å². The van der Waals surface area contributed by atoms with Crippen molar-refractivity contribution in [2.45, 2.75) is 0 Å². The van der Waals surface area contributed by atoms with Crippen LogP contribution in [0.4, 0.5) is 5.82 Å². The summed E-state index contributed by atoms with van der Waals surface area (Å²) in [6.07, 6.45) is 0. The van der Waals surface area contributed by atoms with E-state index in [9.17, 15) is 0 Å². The molecule has 4 nitrogen and oxygen atoms in total. The van der Waals surface area contributed by atoms with Crippen LogP contribution in [-0.4, -0.2) is 10.1 Å². The van der Waals surface area contributed by atoms with E-state index in [0.717, 1.165) is 16.5 Å². The Morgan fingerprint density at radius 3 is 2.67 bits per heavy atom. The zero-order valence-corrected chi connectivity index (χ0v) is 10.5. The zero-order chi connectivity index (χ0) is 12.7. The maximum absolute atomic E-state index is 6.33. The van der Waals surface area contributed by atoms with E-state index in [-0.39, 0.29) is 0 Å². The summed E-state index contributed by atoms with van der Waals surface area (Å²) in [5.74, 6) is 0.838. The standard InChI is InChI=1S/C12H7Cl2N3O/c13-10-4-2-6-8(16-10)3-1-7(12(6)14)9-5-11(15)17-18-9/h1-5H,(H2,15,17). The highest BCUT2D eigenvalue weighted by Crippen LogP contribution is 2.34. The quantitative estimate of drug-likeness (QED) is 0.689. The monoisotopic (exact) mass is 279 g/mol. The number of benzene rings is 1. The second kappa shape index (κ2) is 4.15. The summed E-state index contributed by atoms with van der Waals surface area (Å²) in [5.41, 5.74) is 6.97. The zero-order valence-electron chi connectivity index (χ0n) is 9.02. The van der Waals surface area contributed by atoms with E-state index < -0.39 is 0 Å². The third-order valence-electron chi connectivity index (χ3n) is 2.57. The fourth-order valence-corrected chi connectivity index (χ4v) is 2.22. The Morgan fingerprint density at radius 2 is 1.94 bits per heavy atom. The third kappa shape index (κ3) is 1.79. The average molecular weight is 280 g/mol. The van der Waals surface area contributed by atoms with Crippen LogP contribution in [0.5, 0.6) is 0 Å². The number of nitrogen functional groups attached to an aromatic ring is 1. The molecule has 1 aromatic carbocycles. The Morgan fingerprint density at radius 1 is 1.11 bits per heavy atom. The molecule has 2 aromatic heterocycles. The van der Waals surface area contributed by atoms with Gasteiger partial charge in [-0.1, -0.05) is 28.4 Å². The van der Waals surface area contributed by atoms with Gasteiger partial charge in [0.05, 0.1) is 10.5 Å². The van der Waals surface area contributed by atoms with Crippen LogP contribution in [0.3, 0.4) is 0 Å². The average Bonchev–Trinajstić information content (AvgIpc) is 2.76. The van der Waals surface area contributed by atoms with Crippen molar-refractivity contribution in [2.75, 3.05) is 5.73 Å². The molecule has 3 rings (SSSR count). The highest BCUT2D eigenvalue weighted by Gasteiger charge is 2.12. The largest absolute Gasteiger partial charge is 0.381 e. The number of hydrogen-bond acceptors (Lipinski definition) is 4. The molecular weight excluding hydrogens is 273 g/mol. The number of aromatic nitrogens is 2. The van der Waals surface area contributed by atoms with Crippen LogP contribution in [0.2, 0.25) is 10.2 Å². The molecule has 0 aliphatic carbocycles. The van der Waals surface area contributed by atoms with Gasteiger partial charge in [-0.25, -0.2) is 4.98 Å². The first-order chi connectivity index (χ1) is 8.65. The molecule has 0 spiro atoms. The van der Waals surface area contributed by atoms with Crippen molar-refractivity contribution in [3.05, 3.63) is 40.5 Å². The Balaban J connectivity index is 2.26. The van der Waals surface area contributed by atoms with Gasteiger partial charge in [0.2, 0.25) is 0 Å². The Hall–Kier alpha value is -1.78. The maximum Gasteiger partial charge on any atom is 0.170 e. The molecule has 3 aromatic rings. The van der Waals surface area contributed by atoms with Crippen molar-refractivity contribution in [3.8, 4) is 11.3 Å². The highest BCUT2D eigenvalue weighted by molar-refractivity contribution is 6.38. The smallest absolute Gasteiger partial charge is 0.170 e. The summed E-state index contributed by atoms with van der Waals surface area (Å²) in [5, 5.41) is 5.40. The number of nitrogens with zero attached hydrogens (tertiary/aromatic N) is 2. The molecule has 0 atom stereocenters. The molecule has 90 valence electrons. The molecule has 2 N–H and O–H groups in total. The molecule has 6 heteroatoms. The first-order valence-electron chi connectivity index (χ1n) is 5.12. The van der Waals surface area contributed by atoms with Crippen LogP contribution in [0, 0.1) is 0 Å². The predicted molar refractivity (Wildman–Crippen MR) is 71.7 cm³/mol. The first-order valence-corrected chi connectivity index (χ1v) is 5.88. The lowest BCUT2D eigenvalue weighted by molar-refractivity contribution is 0.436. The number of fused-ring (bicyclic) bond motifs is 1. The van der Waals surface area contributed by atoms with E-state index in [1.807, 2.05) is 12.1 Å². The molecule has 0 aliphatic rings. The molecule has 0 aliphatic heterocycles. The van der Waals surface area contributed by atoms with Crippen LogP contribution in [0.1, 0.15) is 0 Å². The molecule has 18 heavy (non-hydrogen) atoms. The van der Waals surface area contributed by atoms with Crippen LogP contribution in [-0.2, 0) is 0 Å². The number of rotatable bonds is 1. The van der Waals surface area contributed by atoms with Crippen LogP contribution >= 0.6 is 23.2 Å². The first kappa shape index (κ1) is 11.3. The van der Waals surface area contributed by atoms with E-state index >= 15 is 0 Å². The summed E-state index contributed by atoms with van der Waals surface area (Å²) in [7, 11) is 0. The normalized spacial score (nSPS) is 11.0. The maximum atomic E-state index is 6.33. The number of anilines is 1. The minimum atomic E-state index is 0.315. The van der Waals surface area contributed by atoms with Crippen molar-refractivity contribution in [1.82, 2.24) is 10.1 Å². The molecule has 0 bridgehead atoms. The fourth-order valence-electron chi connectivity index (χ4n) is 1.75. The van der Waals surface area contributed by atoms with E-state index in [4.69, 9.17) is 33.5 Å². The lowest BCUT2D eigenvalue weighted by atomic mass is 10.1. The number of nitrogens with two attached hydrogens (primary N) is 1. The SMILES string of the molecule is Nc1cc(-c2ccc3nc(Cl)ccc3c2Cl)on1. The van der Waals surface area contributed by atoms with E-state index in [1.165, 1.54) is 0 Å². The summed E-state index contributed by atoms with van der Waals surface area (Å²) in [4.78, 5) is 4.19. The molecule has 2 heterocycles. The van der Waals surface area contributed by atoms with Gasteiger partial charge in [-0.05, 0) is 24.3 Å². The summed E-state index contributed by atoms with van der Waals surface area (Å²) in [6, 6.07) is 8.75. The lowest BCUT2D eigenvalue weighted by Crippen LogP contribution is -1.84. The van der Waals surface area contributed by atoms with E-state index in [1.54, 1.807) is 18.2 Å². The second-order valence-electron chi connectivity index (χ2n) is 3.74. The van der Waals surface area contributed by atoms with Crippen LogP contribution in [0.25, 0.3) is 22.2 Å². The number of halogens is 2. The minimum Gasteiger partial charge on any atom is -0.381 e. The van der Waals surface area contributed by atoms with Gasteiger partial charge in [0.15, 0.2) is 11.6 Å². The van der Waals surface area contributed by atoms with Gasteiger partial charge in [-0.15, -0.1) is 0 Å². The van der Waals surface area contributed by atoms with Crippen molar-refractivity contribution in [1.29, 1.82) is 0 Å². The lowest BCUT2D eigenvalue weighted by Gasteiger charge is -2.04. The van der Waals surface area contributed by atoms with Gasteiger partial charge in [-0.2, -0.15) is 0 Å². The van der Waals surface area contributed by atoms with Gasteiger partial charge in [0.25, 0.3) is 0 Å². The minimum absolute atomic E-state index is 0.315. The topological polar surface area (TPSA) is 64.9 Å². The molecule has 0 fully saturated rings. The van der Waals surface area contributed by atoms with Gasteiger partial charge in [0, 0.05) is 17.0 Å². The molecule has 0 radical (unpaired) electrons. The van der Waals surface area contributed by atoms with Crippen molar-refractivity contribution in [2.24, 2.45) is 0 Å². The van der Waals surface area contributed by atoms with E-state index in [2.05, 4.69) is 10.1 Å². The molecule has 0 saturated carbocycles. The highest BCUT2D eigenvalue weighted by atomic mass is 35.5. The van der Waals surface area contributed by atoms with Gasteiger partial charge in [0.1, 0.15) is 5.15 Å². The van der Waals surface area contributed by atoms with Crippen LogP contribution < -0.4 is 5.73 Å². The molecule has 0 saturated heterocycles. The van der Waals surface area contributed by atoms with Crippen molar-refractivity contribution < 1.29 is 4.52 Å². The van der Waals surface area contributed by atoms with Crippen molar-refractivity contribution in [3.63, 3.8) is 0 Å². The molecule has 0 amide bonds. The Bertz CT molecular complexity index is 739. The Kier molecular flexibility index (Phi) is 2.61. The molecular formula is C12H7Cl2N3O.